The fourth-order valence-electron chi connectivity index (χ4n) is 5.95. The summed E-state index contributed by atoms with van der Waals surface area (Å²) in [6.45, 7) is 3.73. The maximum atomic E-state index is 12.6. The number of aliphatic carboxylic acids is 1. The molecule has 0 rings (SSSR count). The predicted molar refractivity (Wildman–Crippen MR) is 231 cm³/mol. The van der Waals surface area contributed by atoms with E-state index in [2.05, 4.69) is 62.5 Å². The highest BCUT2D eigenvalue weighted by molar-refractivity contribution is 7.47. The Morgan fingerprint density at radius 1 is 0.589 bits per heavy atom. The number of phosphoric ester groups is 1. The van der Waals surface area contributed by atoms with Crippen molar-refractivity contribution < 1.29 is 42.7 Å². The van der Waals surface area contributed by atoms with Gasteiger partial charge in [0.25, 0.3) is 0 Å². The van der Waals surface area contributed by atoms with Gasteiger partial charge in [0.1, 0.15) is 12.1 Å². The third-order valence-electron chi connectivity index (χ3n) is 9.37. The highest BCUT2D eigenvalue weighted by Crippen LogP contribution is 2.43. The maximum absolute atomic E-state index is 12.6. The van der Waals surface area contributed by atoms with Crippen LogP contribution in [0.1, 0.15) is 187 Å². The van der Waals surface area contributed by atoms with Gasteiger partial charge in [-0.25, -0.2) is 4.57 Å². The van der Waals surface area contributed by atoms with Gasteiger partial charge in [-0.15, -0.1) is 0 Å². The van der Waals surface area contributed by atoms with E-state index in [-0.39, 0.29) is 13.0 Å². The third kappa shape index (κ3) is 40.1. The summed E-state index contributed by atoms with van der Waals surface area (Å²) in [6, 6.07) is -1.48. The monoisotopic (exact) mass is 812 g/mol. The Morgan fingerprint density at radius 2 is 1.04 bits per heavy atom. The van der Waals surface area contributed by atoms with Crippen molar-refractivity contribution in [1.29, 1.82) is 0 Å². The van der Waals surface area contributed by atoms with Crippen molar-refractivity contribution in [1.82, 2.24) is 0 Å². The molecule has 4 N–H and O–H groups in total. The SMILES string of the molecule is CC/C=C\C/C=C\C/C=C\C/C=C\CCCCC(=O)OC(COCCCCCCCCCCCCCCCCCCCCC)COP(=O)(O)OCC(N)C(=O)O. The number of nitrogens with two attached hydrogens (primary N) is 1. The van der Waals surface area contributed by atoms with Crippen molar-refractivity contribution >= 4 is 19.8 Å². The Hall–Kier alpha value is -2.07. The minimum absolute atomic E-state index is 0.00137. The zero-order valence-corrected chi connectivity index (χ0v) is 36.4. The normalized spacial score (nSPS) is 14.4. The number of esters is 1. The van der Waals surface area contributed by atoms with Gasteiger partial charge in [-0.3, -0.25) is 18.6 Å². The van der Waals surface area contributed by atoms with Crippen LogP contribution in [0.5, 0.6) is 0 Å². The number of phosphoric acid groups is 1. The van der Waals surface area contributed by atoms with Gasteiger partial charge in [0, 0.05) is 13.0 Å². The summed E-state index contributed by atoms with van der Waals surface area (Å²) in [4.78, 5) is 33.5. The van der Waals surface area contributed by atoms with Crippen LogP contribution in [0, 0.1) is 0 Å². The van der Waals surface area contributed by atoms with Crippen LogP contribution in [0.2, 0.25) is 0 Å². The molecule has 0 saturated heterocycles. The van der Waals surface area contributed by atoms with Crippen LogP contribution >= 0.6 is 7.82 Å². The second-order valence-electron chi connectivity index (χ2n) is 14.8. The quantitative estimate of drug-likeness (QED) is 0.0235. The van der Waals surface area contributed by atoms with E-state index in [4.69, 9.17) is 29.4 Å². The minimum atomic E-state index is -4.63. The van der Waals surface area contributed by atoms with Crippen molar-refractivity contribution in [3.63, 3.8) is 0 Å². The molecule has 0 aromatic carbocycles. The second-order valence-corrected chi connectivity index (χ2v) is 16.3. The predicted octanol–water partition coefficient (Wildman–Crippen LogP) is 12.3. The zero-order chi connectivity index (χ0) is 41.2. The van der Waals surface area contributed by atoms with Crippen molar-refractivity contribution in [2.75, 3.05) is 26.4 Å². The fourth-order valence-corrected chi connectivity index (χ4v) is 6.73. The number of unbranched alkanes of at least 4 members (excludes halogenated alkanes) is 20. The van der Waals surface area contributed by atoms with E-state index in [1.807, 2.05) is 0 Å². The summed E-state index contributed by atoms with van der Waals surface area (Å²) >= 11 is 0. The largest absolute Gasteiger partial charge is 0.480 e. The summed E-state index contributed by atoms with van der Waals surface area (Å²) in [5.41, 5.74) is 5.35. The molecular weight excluding hydrogens is 729 g/mol. The fraction of sp³-hybridized carbons (Fsp3) is 0.778. The molecule has 0 heterocycles. The first-order valence-electron chi connectivity index (χ1n) is 22.2. The van der Waals surface area contributed by atoms with E-state index < -0.39 is 45.1 Å². The van der Waals surface area contributed by atoms with Crippen LogP contribution in [-0.4, -0.2) is 60.5 Å². The van der Waals surface area contributed by atoms with Gasteiger partial charge >= 0.3 is 19.8 Å². The van der Waals surface area contributed by atoms with Crippen molar-refractivity contribution in [3.05, 3.63) is 48.6 Å². The molecule has 0 aromatic heterocycles. The molecule has 326 valence electrons. The van der Waals surface area contributed by atoms with E-state index in [0.717, 1.165) is 57.8 Å². The number of carboxylic acid groups (broad SMARTS) is 1. The molecule has 0 aliphatic heterocycles. The van der Waals surface area contributed by atoms with E-state index >= 15 is 0 Å². The Kier molecular flexibility index (Phi) is 39.6. The number of hydrogen-bond acceptors (Lipinski definition) is 8. The summed E-state index contributed by atoms with van der Waals surface area (Å²) in [5.74, 6) is -1.82. The lowest BCUT2D eigenvalue weighted by atomic mass is 10.0. The number of allylic oxidation sites excluding steroid dienone is 8. The van der Waals surface area contributed by atoms with E-state index in [9.17, 15) is 19.0 Å². The Labute approximate surface area is 341 Å². The topological polar surface area (TPSA) is 155 Å². The first kappa shape index (κ1) is 53.9. The zero-order valence-electron chi connectivity index (χ0n) is 35.5. The van der Waals surface area contributed by atoms with Gasteiger partial charge in [0.15, 0.2) is 0 Å². The molecule has 0 saturated carbocycles. The van der Waals surface area contributed by atoms with Gasteiger partial charge < -0.3 is 25.2 Å². The lowest BCUT2D eigenvalue weighted by Crippen LogP contribution is -2.34. The third-order valence-corrected chi connectivity index (χ3v) is 10.3. The number of rotatable bonds is 42. The van der Waals surface area contributed by atoms with Crippen molar-refractivity contribution in [2.45, 2.75) is 199 Å². The van der Waals surface area contributed by atoms with Crippen LogP contribution < -0.4 is 5.73 Å². The van der Waals surface area contributed by atoms with Crippen molar-refractivity contribution in [2.24, 2.45) is 5.73 Å². The molecule has 56 heavy (non-hydrogen) atoms. The Bertz CT molecular complexity index is 1080. The summed E-state index contributed by atoms with van der Waals surface area (Å²) < 4.78 is 33.3. The highest BCUT2D eigenvalue weighted by Gasteiger charge is 2.27. The Balaban J connectivity index is 4.25. The number of ether oxygens (including phenoxy) is 2. The van der Waals surface area contributed by atoms with Gasteiger partial charge in [-0.1, -0.05) is 178 Å². The molecule has 0 bridgehead atoms. The standard InChI is InChI=1S/C45H82NO9P/c1-3-5-7-9-11-13-15-17-19-20-21-22-24-26-28-30-32-34-36-38-52-39-42(40-53-56(50,51)54-41-43(46)45(48)49)55-44(47)37-35-33-31-29-27-25-23-18-16-14-12-10-8-6-4-2/h6,8,12,14,18,23,27,29,42-43H,3-5,7,9-11,13,15-17,19-22,24-26,28,30-41,46H2,1-2H3,(H,48,49)(H,50,51)/b8-6-,14-12-,23-18-,29-27-. The maximum Gasteiger partial charge on any atom is 0.472 e. The average molecular weight is 812 g/mol. The van der Waals surface area contributed by atoms with Crippen LogP contribution in [0.25, 0.3) is 0 Å². The smallest absolute Gasteiger partial charge is 0.472 e. The van der Waals surface area contributed by atoms with Crippen molar-refractivity contribution in [3.8, 4) is 0 Å². The van der Waals surface area contributed by atoms with Crippen LogP contribution in [0.4, 0.5) is 0 Å². The first-order chi connectivity index (χ1) is 27.2. The number of hydrogen-bond donors (Lipinski definition) is 3. The minimum Gasteiger partial charge on any atom is -0.480 e. The molecule has 3 atom stereocenters. The molecule has 0 aliphatic rings. The van der Waals surface area contributed by atoms with E-state index in [1.54, 1.807) is 0 Å². The molecule has 0 spiro atoms. The molecule has 0 fully saturated rings. The van der Waals surface area contributed by atoms with Gasteiger partial charge in [0.2, 0.25) is 0 Å². The second kappa shape index (κ2) is 41.1. The number of carboxylic acids is 1. The van der Waals surface area contributed by atoms with Crippen LogP contribution in [-0.2, 0) is 32.7 Å². The van der Waals surface area contributed by atoms with Gasteiger partial charge in [-0.2, -0.15) is 0 Å². The van der Waals surface area contributed by atoms with Gasteiger partial charge in [0.05, 0.1) is 19.8 Å². The van der Waals surface area contributed by atoms with E-state index in [0.29, 0.717) is 13.0 Å². The molecule has 10 nitrogen and oxygen atoms in total. The van der Waals surface area contributed by atoms with Crippen LogP contribution in [0.3, 0.4) is 0 Å². The Morgan fingerprint density at radius 3 is 1.52 bits per heavy atom. The number of carbonyl (C=O) groups excluding carboxylic acids is 1. The lowest BCUT2D eigenvalue weighted by molar-refractivity contribution is -0.154. The van der Waals surface area contributed by atoms with E-state index in [1.165, 1.54) is 103 Å². The van der Waals surface area contributed by atoms with Gasteiger partial charge in [-0.05, 0) is 51.4 Å². The summed E-state index contributed by atoms with van der Waals surface area (Å²) in [7, 11) is -4.63. The number of carbonyl (C=O) groups is 2. The molecular formula is C45H82NO9P. The lowest BCUT2D eigenvalue weighted by Gasteiger charge is -2.20. The van der Waals surface area contributed by atoms with Crippen LogP contribution in [0.15, 0.2) is 48.6 Å². The molecule has 0 amide bonds. The summed E-state index contributed by atoms with van der Waals surface area (Å²) in [6.07, 6.45) is 47.4. The average Bonchev–Trinajstić information content (AvgIpc) is 3.18. The molecule has 0 aliphatic carbocycles. The molecule has 11 heteroatoms. The molecule has 0 radical (unpaired) electrons. The summed E-state index contributed by atoms with van der Waals surface area (Å²) in [5, 5.41) is 8.89. The molecule has 0 aromatic rings. The molecule has 3 unspecified atom stereocenters. The first-order valence-corrected chi connectivity index (χ1v) is 23.7. The highest BCUT2D eigenvalue weighted by atomic mass is 31.2.